The fourth-order valence-corrected chi connectivity index (χ4v) is 4.79. The molecular formula is C23H26N2O5S. The van der Waals surface area contributed by atoms with Crippen LogP contribution in [0.5, 0.6) is 11.5 Å². The van der Waals surface area contributed by atoms with Gasteiger partial charge in [0.05, 0.1) is 17.7 Å². The van der Waals surface area contributed by atoms with Gasteiger partial charge in [0.15, 0.2) is 6.61 Å². The van der Waals surface area contributed by atoms with E-state index < -0.39 is 15.9 Å². The highest BCUT2D eigenvalue weighted by Gasteiger charge is 2.23. The number of hydrogen-bond acceptors (Lipinski definition) is 5. The Morgan fingerprint density at radius 2 is 1.68 bits per heavy atom. The van der Waals surface area contributed by atoms with Crippen LogP contribution in [0.15, 0.2) is 65.6 Å². The summed E-state index contributed by atoms with van der Waals surface area (Å²) >= 11 is 0. The van der Waals surface area contributed by atoms with Gasteiger partial charge in [-0.1, -0.05) is 50.2 Å². The monoisotopic (exact) mass is 442 g/mol. The third-order valence-electron chi connectivity index (χ3n) is 4.90. The van der Waals surface area contributed by atoms with Gasteiger partial charge in [-0.25, -0.2) is 8.42 Å². The topological polar surface area (TPSA) is 84.9 Å². The van der Waals surface area contributed by atoms with Crippen molar-refractivity contribution < 1.29 is 22.7 Å². The lowest BCUT2D eigenvalue weighted by molar-refractivity contribution is -0.118. The fourth-order valence-electron chi connectivity index (χ4n) is 3.31. The highest BCUT2D eigenvalue weighted by atomic mass is 32.2. The van der Waals surface area contributed by atoms with Gasteiger partial charge in [-0.2, -0.15) is 4.31 Å². The predicted molar refractivity (Wildman–Crippen MR) is 121 cm³/mol. The minimum absolute atomic E-state index is 0.0854. The van der Waals surface area contributed by atoms with Crippen LogP contribution in [0, 0.1) is 0 Å². The van der Waals surface area contributed by atoms with E-state index in [9.17, 15) is 13.2 Å². The molecule has 3 aromatic carbocycles. The molecule has 0 unspecified atom stereocenters. The summed E-state index contributed by atoms with van der Waals surface area (Å²) in [6.45, 7) is 4.02. The summed E-state index contributed by atoms with van der Waals surface area (Å²) in [6.07, 6.45) is 0. The van der Waals surface area contributed by atoms with Crippen molar-refractivity contribution in [2.24, 2.45) is 0 Å². The lowest BCUT2D eigenvalue weighted by atomic mass is 10.1. The maximum Gasteiger partial charge on any atom is 0.262 e. The second kappa shape index (κ2) is 9.80. The smallest absolute Gasteiger partial charge is 0.262 e. The molecule has 0 aromatic heterocycles. The van der Waals surface area contributed by atoms with Crippen LogP contribution in [-0.4, -0.2) is 45.4 Å². The van der Waals surface area contributed by atoms with E-state index in [0.29, 0.717) is 24.6 Å². The van der Waals surface area contributed by atoms with Crippen molar-refractivity contribution >= 4 is 32.4 Å². The molecule has 0 saturated carbocycles. The summed E-state index contributed by atoms with van der Waals surface area (Å²) in [4.78, 5) is 12.6. The van der Waals surface area contributed by atoms with Gasteiger partial charge >= 0.3 is 0 Å². The number of amides is 1. The van der Waals surface area contributed by atoms with Crippen LogP contribution in [0.1, 0.15) is 13.8 Å². The largest absolute Gasteiger partial charge is 0.495 e. The predicted octanol–water partition coefficient (Wildman–Crippen LogP) is 3.90. The second-order valence-corrected chi connectivity index (χ2v) is 8.70. The summed E-state index contributed by atoms with van der Waals surface area (Å²) in [7, 11) is -2.21. The first-order valence-electron chi connectivity index (χ1n) is 9.99. The number of fused-ring (bicyclic) bond motifs is 1. The summed E-state index contributed by atoms with van der Waals surface area (Å²) in [5.41, 5.74) is 0.266. The van der Waals surface area contributed by atoms with E-state index in [4.69, 9.17) is 9.47 Å². The molecule has 164 valence electrons. The molecule has 8 heteroatoms. The van der Waals surface area contributed by atoms with Crippen LogP contribution < -0.4 is 14.8 Å². The van der Waals surface area contributed by atoms with Crippen molar-refractivity contribution in [1.82, 2.24) is 4.31 Å². The zero-order valence-electron chi connectivity index (χ0n) is 17.8. The van der Waals surface area contributed by atoms with Gasteiger partial charge in [0.1, 0.15) is 11.5 Å². The molecule has 0 bridgehead atoms. The third-order valence-corrected chi connectivity index (χ3v) is 6.94. The molecule has 0 aliphatic rings. The van der Waals surface area contributed by atoms with Gasteiger partial charge in [0, 0.05) is 18.5 Å². The van der Waals surface area contributed by atoms with Crippen molar-refractivity contribution in [2.45, 2.75) is 18.7 Å². The SMILES string of the molecule is CCN(CC)S(=O)(=O)c1ccc(OC)c(NC(=O)COc2cccc3ccccc23)c1. The van der Waals surface area contributed by atoms with Gasteiger partial charge in [-0.15, -0.1) is 0 Å². The van der Waals surface area contributed by atoms with E-state index >= 15 is 0 Å². The Morgan fingerprint density at radius 1 is 0.968 bits per heavy atom. The van der Waals surface area contributed by atoms with Crippen LogP contribution in [0.2, 0.25) is 0 Å². The first kappa shape index (κ1) is 22.6. The number of carbonyl (C=O) groups excluding carboxylic acids is 1. The molecule has 0 aliphatic heterocycles. The number of sulfonamides is 1. The number of benzene rings is 3. The number of carbonyl (C=O) groups is 1. The summed E-state index contributed by atoms with van der Waals surface area (Å²) in [5, 5.41) is 4.61. The Balaban J connectivity index is 1.78. The third kappa shape index (κ3) is 4.98. The van der Waals surface area contributed by atoms with E-state index in [2.05, 4.69) is 5.32 Å². The van der Waals surface area contributed by atoms with Crippen molar-refractivity contribution in [2.75, 3.05) is 32.1 Å². The summed E-state index contributed by atoms with van der Waals surface area (Å²) < 4.78 is 38.0. The van der Waals surface area contributed by atoms with Crippen molar-refractivity contribution in [3.8, 4) is 11.5 Å². The lowest BCUT2D eigenvalue weighted by Gasteiger charge is -2.19. The van der Waals surface area contributed by atoms with Crippen molar-refractivity contribution in [1.29, 1.82) is 0 Å². The molecule has 0 saturated heterocycles. The van der Waals surface area contributed by atoms with Gasteiger partial charge in [0.25, 0.3) is 5.91 Å². The first-order valence-corrected chi connectivity index (χ1v) is 11.4. The number of anilines is 1. The van der Waals surface area contributed by atoms with Gasteiger partial charge in [-0.05, 0) is 29.7 Å². The maximum atomic E-state index is 12.8. The number of rotatable bonds is 9. The van der Waals surface area contributed by atoms with E-state index in [1.807, 2.05) is 36.4 Å². The quantitative estimate of drug-likeness (QED) is 0.543. The molecule has 0 fully saturated rings. The van der Waals surface area contributed by atoms with E-state index in [0.717, 1.165) is 10.8 Å². The van der Waals surface area contributed by atoms with Crippen LogP contribution in [-0.2, 0) is 14.8 Å². The Hall–Kier alpha value is -3.10. The average molecular weight is 443 g/mol. The maximum absolute atomic E-state index is 12.8. The Kier molecular flexibility index (Phi) is 7.14. The summed E-state index contributed by atoms with van der Waals surface area (Å²) in [5.74, 6) is 0.527. The molecule has 31 heavy (non-hydrogen) atoms. The molecule has 0 heterocycles. The Morgan fingerprint density at radius 3 is 2.39 bits per heavy atom. The number of nitrogens with zero attached hydrogens (tertiary/aromatic N) is 1. The van der Waals surface area contributed by atoms with Crippen LogP contribution in [0.25, 0.3) is 10.8 Å². The molecule has 3 aromatic rings. The van der Waals surface area contributed by atoms with Crippen LogP contribution in [0.3, 0.4) is 0 Å². The van der Waals surface area contributed by atoms with Crippen LogP contribution >= 0.6 is 0 Å². The Bertz CT molecular complexity index is 1170. The van der Waals surface area contributed by atoms with Crippen molar-refractivity contribution in [3.05, 3.63) is 60.7 Å². The van der Waals surface area contributed by atoms with E-state index in [1.54, 1.807) is 19.9 Å². The molecule has 1 amide bonds. The lowest BCUT2D eigenvalue weighted by Crippen LogP contribution is -2.30. The zero-order chi connectivity index (χ0) is 22.4. The van der Waals surface area contributed by atoms with Gasteiger partial charge < -0.3 is 14.8 Å². The molecule has 0 aliphatic carbocycles. The Labute approximate surface area is 182 Å². The standard InChI is InChI=1S/C23H26N2O5S/c1-4-25(5-2)31(27,28)18-13-14-22(29-3)20(15-18)24-23(26)16-30-21-12-8-10-17-9-6-7-11-19(17)21/h6-15H,4-5,16H2,1-3H3,(H,24,26). The fraction of sp³-hybridized carbons (Fsp3) is 0.261. The molecule has 0 atom stereocenters. The molecule has 7 nitrogen and oxygen atoms in total. The average Bonchev–Trinajstić information content (AvgIpc) is 2.78. The van der Waals surface area contributed by atoms with Crippen LogP contribution in [0.4, 0.5) is 5.69 Å². The van der Waals surface area contributed by atoms with E-state index in [-0.39, 0.29) is 17.2 Å². The molecule has 3 rings (SSSR count). The molecular weight excluding hydrogens is 416 g/mol. The number of hydrogen-bond donors (Lipinski definition) is 1. The zero-order valence-corrected chi connectivity index (χ0v) is 18.6. The van der Waals surface area contributed by atoms with Gasteiger partial charge in [-0.3, -0.25) is 4.79 Å². The van der Waals surface area contributed by atoms with Crippen molar-refractivity contribution in [3.63, 3.8) is 0 Å². The van der Waals surface area contributed by atoms with Gasteiger partial charge in [0.2, 0.25) is 10.0 Å². The highest BCUT2D eigenvalue weighted by molar-refractivity contribution is 7.89. The van der Waals surface area contributed by atoms with E-state index in [1.165, 1.54) is 29.6 Å². The normalized spacial score (nSPS) is 11.5. The molecule has 0 radical (unpaired) electrons. The molecule has 1 N–H and O–H groups in total. The minimum Gasteiger partial charge on any atom is -0.495 e. The highest BCUT2D eigenvalue weighted by Crippen LogP contribution is 2.29. The minimum atomic E-state index is -3.67. The summed E-state index contributed by atoms with van der Waals surface area (Å²) in [6, 6.07) is 17.8. The second-order valence-electron chi connectivity index (χ2n) is 6.77. The molecule has 0 spiro atoms. The first-order chi connectivity index (χ1) is 14.9. The number of ether oxygens (including phenoxy) is 2. The number of methoxy groups -OCH3 is 1. The number of nitrogens with one attached hydrogen (secondary N) is 1.